The van der Waals surface area contributed by atoms with Gasteiger partial charge in [-0.2, -0.15) is 5.10 Å². The zero-order chi connectivity index (χ0) is 15.9. The lowest BCUT2D eigenvalue weighted by Crippen LogP contribution is -2.40. The van der Waals surface area contributed by atoms with E-state index in [0.29, 0.717) is 12.5 Å². The Morgan fingerprint density at radius 3 is 3.05 bits per heavy atom. The number of rotatable bonds is 6. The van der Waals surface area contributed by atoms with Gasteiger partial charge >= 0.3 is 0 Å². The lowest BCUT2D eigenvalue weighted by atomic mass is 10.0. The van der Waals surface area contributed by atoms with Gasteiger partial charge in [-0.05, 0) is 37.2 Å². The molecule has 2 N–H and O–H groups in total. The summed E-state index contributed by atoms with van der Waals surface area (Å²) in [7, 11) is 1.96. The molecule has 0 amide bonds. The highest BCUT2D eigenvalue weighted by atomic mass is 16.3. The van der Waals surface area contributed by atoms with Gasteiger partial charge in [0.15, 0.2) is 5.96 Å². The van der Waals surface area contributed by atoms with Crippen molar-refractivity contribution >= 4 is 5.96 Å². The Balaban J connectivity index is 1.90. The average Bonchev–Trinajstić information content (AvgIpc) is 3.13. The molecule has 1 fully saturated rings. The molecule has 1 aliphatic heterocycles. The molecule has 0 aromatic carbocycles. The third kappa shape index (κ3) is 4.73. The number of guanidine groups is 1. The van der Waals surface area contributed by atoms with E-state index >= 15 is 0 Å². The van der Waals surface area contributed by atoms with E-state index in [4.69, 9.17) is 5.11 Å². The summed E-state index contributed by atoms with van der Waals surface area (Å²) in [5, 5.41) is 16.8. The number of aliphatic hydroxyl groups is 1. The van der Waals surface area contributed by atoms with E-state index in [9.17, 15) is 0 Å². The predicted molar refractivity (Wildman–Crippen MR) is 88.8 cm³/mol. The second-order valence-corrected chi connectivity index (χ2v) is 6.31. The van der Waals surface area contributed by atoms with Crippen LogP contribution in [0.4, 0.5) is 0 Å². The first-order valence-electron chi connectivity index (χ1n) is 8.24. The van der Waals surface area contributed by atoms with Gasteiger partial charge in [0.1, 0.15) is 0 Å². The van der Waals surface area contributed by atoms with Crippen molar-refractivity contribution in [3.63, 3.8) is 0 Å². The van der Waals surface area contributed by atoms with E-state index in [1.165, 1.54) is 12.0 Å². The quantitative estimate of drug-likeness (QED) is 0.605. The molecule has 2 atom stereocenters. The van der Waals surface area contributed by atoms with Crippen LogP contribution in [0.2, 0.25) is 0 Å². The van der Waals surface area contributed by atoms with Crippen LogP contribution < -0.4 is 5.32 Å². The van der Waals surface area contributed by atoms with Crippen molar-refractivity contribution < 1.29 is 5.11 Å². The number of hydrogen-bond acceptors (Lipinski definition) is 3. The molecule has 22 heavy (non-hydrogen) atoms. The maximum Gasteiger partial charge on any atom is 0.193 e. The minimum Gasteiger partial charge on any atom is -0.396 e. The van der Waals surface area contributed by atoms with E-state index in [1.807, 2.05) is 24.9 Å². The van der Waals surface area contributed by atoms with Crippen molar-refractivity contribution in [2.24, 2.45) is 23.9 Å². The molecule has 0 aliphatic carbocycles. The van der Waals surface area contributed by atoms with Crippen LogP contribution in [-0.4, -0.2) is 58.5 Å². The maximum atomic E-state index is 9.14. The van der Waals surface area contributed by atoms with Crippen molar-refractivity contribution in [3.8, 4) is 0 Å². The lowest BCUT2D eigenvalue weighted by molar-refractivity contribution is 0.241. The molecule has 0 bridgehead atoms. The normalized spacial score (nSPS) is 20.5. The topological polar surface area (TPSA) is 65.7 Å². The van der Waals surface area contributed by atoms with Gasteiger partial charge in [-0.3, -0.25) is 9.67 Å². The summed E-state index contributed by atoms with van der Waals surface area (Å²) in [5.41, 5.74) is 1.31. The van der Waals surface area contributed by atoms with Gasteiger partial charge in [0.05, 0.1) is 6.20 Å². The molecule has 2 heterocycles. The van der Waals surface area contributed by atoms with Gasteiger partial charge in [-0.15, -0.1) is 0 Å². The Morgan fingerprint density at radius 2 is 2.41 bits per heavy atom. The monoisotopic (exact) mass is 307 g/mol. The van der Waals surface area contributed by atoms with E-state index in [-0.39, 0.29) is 12.5 Å². The van der Waals surface area contributed by atoms with E-state index in [2.05, 4.69) is 33.4 Å². The molecular weight excluding hydrogens is 278 g/mol. The second-order valence-electron chi connectivity index (χ2n) is 6.31. The van der Waals surface area contributed by atoms with Crippen LogP contribution in [0.1, 0.15) is 25.8 Å². The Bertz CT molecular complexity index is 485. The Kier molecular flexibility index (Phi) is 6.24. The first kappa shape index (κ1) is 16.8. The summed E-state index contributed by atoms with van der Waals surface area (Å²) in [6.07, 6.45) is 6.33. The van der Waals surface area contributed by atoms with Crippen molar-refractivity contribution in [1.29, 1.82) is 0 Å². The molecule has 1 aromatic rings. The summed E-state index contributed by atoms with van der Waals surface area (Å²) < 4.78 is 1.86. The smallest absolute Gasteiger partial charge is 0.193 e. The number of aliphatic hydroxyl groups excluding tert-OH is 1. The number of aromatic nitrogens is 2. The fourth-order valence-electron chi connectivity index (χ4n) is 2.83. The molecule has 0 radical (unpaired) electrons. The van der Waals surface area contributed by atoms with Gasteiger partial charge in [0, 0.05) is 46.0 Å². The maximum absolute atomic E-state index is 9.14. The largest absolute Gasteiger partial charge is 0.396 e. The van der Waals surface area contributed by atoms with Gasteiger partial charge in [-0.25, -0.2) is 0 Å². The van der Waals surface area contributed by atoms with Crippen LogP contribution in [0.25, 0.3) is 0 Å². The van der Waals surface area contributed by atoms with E-state index in [0.717, 1.165) is 32.0 Å². The summed E-state index contributed by atoms with van der Waals surface area (Å²) in [6.45, 7) is 7.92. The van der Waals surface area contributed by atoms with E-state index < -0.39 is 0 Å². The fourth-order valence-corrected chi connectivity index (χ4v) is 2.83. The van der Waals surface area contributed by atoms with Crippen molar-refractivity contribution in [1.82, 2.24) is 20.0 Å². The van der Waals surface area contributed by atoms with Gasteiger partial charge < -0.3 is 15.3 Å². The highest BCUT2D eigenvalue weighted by Gasteiger charge is 2.25. The Labute approximate surface area is 133 Å². The minimum absolute atomic E-state index is 0.187. The molecule has 6 heteroatoms. The number of nitrogens with one attached hydrogen (secondary N) is 1. The first-order valence-corrected chi connectivity index (χ1v) is 8.24. The molecule has 1 aromatic heterocycles. The van der Waals surface area contributed by atoms with Gasteiger partial charge in [0.25, 0.3) is 0 Å². The number of hydrogen-bond donors (Lipinski definition) is 2. The third-order valence-corrected chi connectivity index (χ3v) is 4.07. The van der Waals surface area contributed by atoms with Crippen molar-refractivity contribution in [3.05, 3.63) is 18.0 Å². The van der Waals surface area contributed by atoms with E-state index in [1.54, 1.807) is 0 Å². The molecule has 1 aliphatic rings. The third-order valence-electron chi connectivity index (χ3n) is 4.07. The summed E-state index contributed by atoms with van der Waals surface area (Å²) in [4.78, 5) is 7.01. The molecule has 2 unspecified atom stereocenters. The fraction of sp³-hybridized carbons (Fsp3) is 0.750. The summed E-state index contributed by atoms with van der Waals surface area (Å²) >= 11 is 0. The van der Waals surface area contributed by atoms with Crippen LogP contribution in [0.5, 0.6) is 0 Å². The average molecular weight is 307 g/mol. The molecule has 0 spiro atoms. The van der Waals surface area contributed by atoms with Crippen LogP contribution in [0.15, 0.2) is 17.4 Å². The SMILES string of the molecule is CCNC(=NCC(C)CO)N1CCC(Cc2cnn(C)c2)C1. The van der Waals surface area contributed by atoms with Crippen LogP contribution >= 0.6 is 0 Å². The Hall–Kier alpha value is -1.56. The zero-order valence-electron chi connectivity index (χ0n) is 14.0. The van der Waals surface area contributed by atoms with Crippen molar-refractivity contribution in [2.75, 3.05) is 32.8 Å². The number of nitrogens with zero attached hydrogens (tertiary/aromatic N) is 4. The second kappa shape index (κ2) is 8.17. The standard InChI is InChI=1S/C16H29N5O/c1-4-17-16(18-8-13(2)12-22)21-6-5-14(11-21)7-15-9-19-20(3)10-15/h9-10,13-14,22H,4-8,11-12H2,1-3H3,(H,17,18). The predicted octanol–water partition coefficient (Wildman–Crippen LogP) is 0.878. The molecular formula is C16H29N5O. The van der Waals surface area contributed by atoms with Crippen LogP contribution in [0, 0.1) is 11.8 Å². The minimum atomic E-state index is 0.187. The molecule has 6 nitrogen and oxygen atoms in total. The van der Waals surface area contributed by atoms with Gasteiger partial charge in [-0.1, -0.05) is 6.92 Å². The molecule has 124 valence electrons. The van der Waals surface area contributed by atoms with Crippen LogP contribution in [-0.2, 0) is 13.5 Å². The first-order chi connectivity index (χ1) is 10.6. The highest BCUT2D eigenvalue weighted by Crippen LogP contribution is 2.20. The van der Waals surface area contributed by atoms with Crippen molar-refractivity contribution in [2.45, 2.75) is 26.7 Å². The molecule has 2 rings (SSSR count). The zero-order valence-corrected chi connectivity index (χ0v) is 14.0. The van der Waals surface area contributed by atoms with Crippen LogP contribution in [0.3, 0.4) is 0 Å². The number of aryl methyl sites for hydroxylation is 1. The summed E-state index contributed by atoms with van der Waals surface area (Å²) in [5.74, 6) is 1.85. The lowest BCUT2D eigenvalue weighted by Gasteiger charge is -2.22. The number of likely N-dealkylation sites (tertiary alicyclic amines) is 1. The Morgan fingerprint density at radius 1 is 1.59 bits per heavy atom. The summed E-state index contributed by atoms with van der Waals surface area (Å²) in [6, 6.07) is 0. The molecule has 1 saturated heterocycles. The molecule has 0 saturated carbocycles. The van der Waals surface area contributed by atoms with Gasteiger partial charge in [0.2, 0.25) is 0 Å². The highest BCUT2D eigenvalue weighted by molar-refractivity contribution is 5.80. The number of aliphatic imine (C=N–C) groups is 1.